The lowest BCUT2D eigenvalue weighted by atomic mass is 9.92. The maximum atomic E-state index is 13.1. The van der Waals surface area contributed by atoms with Gasteiger partial charge in [0.2, 0.25) is 20.0 Å². The normalized spacial score (nSPS) is 12.2. The Balaban J connectivity index is 2.43. The van der Waals surface area contributed by atoms with Crippen LogP contribution in [0.5, 0.6) is 5.75 Å². The van der Waals surface area contributed by atoms with Gasteiger partial charge < -0.3 is 5.11 Å². The van der Waals surface area contributed by atoms with Crippen LogP contribution >= 0.6 is 31.9 Å². The molecule has 7 nitrogen and oxygen atoms in total. The second-order valence-electron chi connectivity index (χ2n) is 7.25. The quantitative estimate of drug-likeness (QED) is 0.307. The van der Waals surface area contributed by atoms with Gasteiger partial charge in [-0.15, -0.1) is 0 Å². The lowest BCUT2D eigenvalue weighted by Crippen LogP contribution is -2.20. The van der Waals surface area contributed by atoms with Crippen LogP contribution in [0.1, 0.15) is 0 Å². The summed E-state index contributed by atoms with van der Waals surface area (Å²) in [7, 11) is -8.97. The predicted molar refractivity (Wildman–Crippen MR) is 135 cm³/mol. The molecule has 0 unspecified atom stereocenters. The summed E-state index contributed by atoms with van der Waals surface area (Å²) in [5.41, 5.74) is 0.755. The summed E-state index contributed by atoms with van der Waals surface area (Å²) in [6, 6.07) is 17.3. The number of sulfonamides is 2. The maximum absolute atomic E-state index is 13.1. The second-order valence-corrected chi connectivity index (χ2v) is 12.1. The number of phenolic OH excluding ortho intramolecular Hbond substituents is 1. The number of phenols is 1. The average Bonchev–Trinajstić information content (AvgIpc) is 2.70. The predicted octanol–water partition coefficient (Wildman–Crippen LogP) is 4.70. The van der Waals surface area contributed by atoms with E-state index in [4.69, 9.17) is 10.3 Å². The second kappa shape index (κ2) is 8.49. The van der Waals surface area contributed by atoms with Gasteiger partial charge in [-0.3, -0.25) is 0 Å². The molecule has 0 spiro atoms. The molecule has 0 radical (unpaired) electrons. The molecule has 33 heavy (non-hydrogen) atoms. The van der Waals surface area contributed by atoms with Gasteiger partial charge in [0.1, 0.15) is 5.75 Å². The molecule has 0 bridgehead atoms. The minimum atomic E-state index is -4.48. The zero-order valence-corrected chi connectivity index (χ0v) is 21.5. The summed E-state index contributed by atoms with van der Waals surface area (Å²) in [6.07, 6.45) is 0. The van der Waals surface area contributed by atoms with E-state index in [1.54, 1.807) is 48.5 Å². The summed E-state index contributed by atoms with van der Waals surface area (Å²) in [4.78, 5) is -0.838. The van der Waals surface area contributed by atoms with Gasteiger partial charge in [-0.05, 0) is 59.0 Å². The van der Waals surface area contributed by atoms with Crippen LogP contribution in [-0.4, -0.2) is 21.9 Å². The average molecular weight is 612 g/mol. The number of nitrogens with two attached hydrogens (primary N) is 2. The smallest absolute Gasteiger partial charge is 0.239 e. The molecule has 0 fully saturated rings. The van der Waals surface area contributed by atoms with Crippen LogP contribution in [0.2, 0.25) is 0 Å². The third kappa shape index (κ3) is 4.57. The van der Waals surface area contributed by atoms with E-state index in [-0.39, 0.29) is 38.1 Å². The van der Waals surface area contributed by atoms with Gasteiger partial charge in [0.05, 0.1) is 9.79 Å². The molecular formula is C22H16Br2N2O5S2. The molecule has 0 atom stereocenters. The number of rotatable bonds is 4. The van der Waals surface area contributed by atoms with Crippen molar-refractivity contribution in [3.8, 4) is 28.0 Å². The van der Waals surface area contributed by atoms with Gasteiger partial charge in [0.25, 0.3) is 0 Å². The van der Waals surface area contributed by atoms with E-state index >= 15 is 0 Å². The highest BCUT2D eigenvalue weighted by molar-refractivity contribution is 9.10. The van der Waals surface area contributed by atoms with Gasteiger partial charge in [-0.25, -0.2) is 27.1 Å². The molecule has 0 saturated carbocycles. The molecule has 11 heteroatoms. The van der Waals surface area contributed by atoms with Crippen molar-refractivity contribution in [2.75, 3.05) is 0 Å². The highest BCUT2D eigenvalue weighted by Gasteiger charge is 2.32. The van der Waals surface area contributed by atoms with Crippen molar-refractivity contribution in [1.29, 1.82) is 0 Å². The van der Waals surface area contributed by atoms with Crippen LogP contribution in [0.25, 0.3) is 33.0 Å². The first-order valence-corrected chi connectivity index (χ1v) is 14.0. The molecule has 0 amide bonds. The van der Waals surface area contributed by atoms with Gasteiger partial charge in [-0.1, -0.05) is 56.1 Å². The van der Waals surface area contributed by atoms with E-state index < -0.39 is 24.9 Å². The molecule has 0 saturated heterocycles. The number of benzene rings is 4. The van der Waals surface area contributed by atoms with Crippen molar-refractivity contribution < 1.29 is 21.9 Å². The Kier molecular flexibility index (Phi) is 6.14. The Morgan fingerprint density at radius 1 is 0.636 bits per heavy atom. The van der Waals surface area contributed by atoms with Gasteiger partial charge in [-0.2, -0.15) is 0 Å². The SMILES string of the molecule is NS(=O)(=O)c1c(-c2cccc(Br)c2)c(S(N)(=O)=O)c2cc(O)ccc2c1-c1cccc(Br)c1. The van der Waals surface area contributed by atoms with E-state index in [1.807, 2.05) is 0 Å². The Hall–Kier alpha value is -2.28. The van der Waals surface area contributed by atoms with E-state index in [9.17, 15) is 21.9 Å². The third-order valence-electron chi connectivity index (χ3n) is 4.99. The topological polar surface area (TPSA) is 141 Å². The molecule has 0 aliphatic carbocycles. The van der Waals surface area contributed by atoms with Crippen LogP contribution in [0.3, 0.4) is 0 Å². The molecule has 0 heterocycles. The van der Waals surface area contributed by atoms with Crippen molar-refractivity contribution in [2.24, 2.45) is 10.3 Å². The first-order chi connectivity index (χ1) is 15.4. The van der Waals surface area contributed by atoms with Crippen LogP contribution in [0.15, 0.2) is 85.5 Å². The van der Waals surface area contributed by atoms with Crippen molar-refractivity contribution in [3.05, 3.63) is 75.7 Å². The van der Waals surface area contributed by atoms with Crippen LogP contribution in [-0.2, 0) is 20.0 Å². The third-order valence-corrected chi connectivity index (χ3v) is 7.95. The molecule has 0 aliphatic rings. The number of fused-ring (bicyclic) bond motifs is 1. The van der Waals surface area contributed by atoms with Crippen LogP contribution in [0.4, 0.5) is 0 Å². The molecule has 0 aromatic heterocycles. The van der Waals surface area contributed by atoms with E-state index in [2.05, 4.69) is 31.9 Å². The Morgan fingerprint density at radius 3 is 1.64 bits per heavy atom. The van der Waals surface area contributed by atoms with E-state index in [0.29, 0.717) is 14.5 Å². The fraction of sp³-hybridized carbons (Fsp3) is 0. The molecular weight excluding hydrogens is 596 g/mol. The Morgan fingerprint density at radius 2 is 1.15 bits per heavy atom. The van der Waals surface area contributed by atoms with E-state index in [1.165, 1.54) is 18.2 Å². The number of hydrogen-bond acceptors (Lipinski definition) is 5. The fourth-order valence-corrected chi connectivity index (χ4v) is 6.70. The number of halogens is 2. The summed E-state index contributed by atoms with van der Waals surface area (Å²) in [6.45, 7) is 0. The summed E-state index contributed by atoms with van der Waals surface area (Å²) in [5.74, 6) is -0.212. The lowest BCUT2D eigenvalue weighted by Gasteiger charge is -2.21. The molecule has 0 aliphatic heterocycles. The highest BCUT2D eigenvalue weighted by atomic mass is 79.9. The largest absolute Gasteiger partial charge is 0.508 e. The minimum absolute atomic E-state index is 0.0647. The standard InChI is InChI=1S/C22H16Br2N2O5S2/c23-14-5-1-3-12(9-14)19-17-8-7-16(27)11-18(17)21(32(25,28)29)20(22(19)33(26,30)31)13-4-2-6-15(24)10-13/h1-11,27H,(H2,25,28,29)(H2,26,30,31). The Labute approximate surface area is 207 Å². The molecule has 4 rings (SSSR count). The summed E-state index contributed by atoms with van der Waals surface area (Å²) >= 11 is 6.72. The van der Waals surface area contributed by atoms with Crippen LogP contribution < -0.4 is 10.3 Å². The van der Waals surface area contributed by atoms with E-state index in [0.717, 1.165) is 0 Å². The summed E-state index contributed by atoms with van der Waals surface area (Å²) < 4.78 is 53.1. The van der Waals surface area contributed by atoms with Gasteiger partial charge >= 0.3 is 0 Å². The number of aromatic hydroxyl groups is 1. The monoisotopic (exact) mass is 610 g/mol. The first-order valence-electron chi connectivity index (χ1n) is 9.28. The van der Waals surface area contributed by atoms with Crippen molar-refractivity contribution >= 4 is 62.7 Å². The lowest BCUT2D eigenvalue weighted by molar-refractivity contribution is 0.476. The van der Waals surface area contributed by atoms with Crippen LogP contribution in [0, 0.1) is 0 Å². The van der Waals surface area contributed by atoms with Gasteiger partial charge in [0, 0.05) is 25.5 Å². The zero-order chi connectivity index (χ0) is 24.1. The first kappa shape index (κ1) is 23.9. The maximum Gasteiger partial charge on any atom is 0.239 e. The number of primary sulfonamides is 2. The molecule has 4 aromatic carbocycles. The van der Waals surface area contributed by atoms with Gasteiger partial charge in [0.15, 0.2) is 0 Å². The minimum Gasteiger partial charge on any atom is -0.508 e. The van der Waals surface area contributed by atoms with Crippen molar-refractivity contribution in [3.63, 3.8) is 0 Å². The number of hydrogen-bond donors (Lipinski definition) is 3. The molecule has 5 N–H and O–H groups in total. The molecule has 4 aromatic rings. The molecule has 170 valence electrons. The van der Waals surface area contributed by atoms with Crippen molar-refractivity contribution in [1.82, 2.24) is 0 Å². The summed E-state index contributed by atoms with van der Waals surface area (Å²) in [5, 5.41) is 21.8. The fourth-order valence-electron chi connectivity index (χ4n) is 3.84. The zero-order valence-electron chi connectivity index (χ0n) is 16.7. The Bertz CT molecular complexity index is 1650. The highest BCUT2D eigenvalue weighted by Crippen LogP contribution is 2.47. The van der Waals surface area contributed by atoms with Crippen molar-refractivity contribution in [2.45, 2.75) is 9.79 Å².